The summed E-state index contributed by atoms with van der Waals surface area (Å²) < 4.78 is 112. The third kappa shape index (κ3) is 10.3. The molecule has 3 aliphatic carbocycles. The molecule has 0 spiro atoms. The molecule has 3 fully saturated rings. The first-order valence-electron chi connectivity index (χ1n) is 24.7. The first-order chi connectivity index (χ1) is 35.1. The molecule has 1 aliphatic heterocycles. The number of carbonyl (C=O) groups excluding carboxylic acids is 6. The Morgan fingerprint density at radius 1 is 0.829 bits per heavy atom. The second-order valence-electron chi connectivity index (χ2n) is 22.2. The number of aliphatic hydroxyl groups is 1. The molecule has 2 N–H and O–H groups in total. The van der Waals surface area contributed by atoms with Crippen LogP contribution in [0.15, 0.2) is 102 Å². The number of fused-ring (bicyclic) bond motifs is 5. The summed E-state index contributed by atoms with van der Waals surface area (Å²) in [6, 6.07) is 22.7. The molecule has 4 aliphatic rings. The molecule has 0 aromatic heterocycles. The molecule has 7 rings (SSSR count). The molecule has 3 aromatic rings. The number of hydrogen-bond donors (Lipinski definition) is 2. The van der Waals surface area contributed by atoms with E-state index in [0.717, 1.165) is 20.8 Å². The van der Waals surface area contributed by atoms with Crippen LogP contribution in [0.1, 0.15) is 107 Å². The smallest absolute Gasteiger partial charge is 0.456 e. The summed E-state index contributed by atoms with van der Waals surface area (Å²) in [7, 11) is -9.64. The summed E-state index contributed by atoms with van der Waals surface area (Å²) in [5.41, 5.74) is -15.4. The second-order valence-corrected chi connectivity index (χ2v) is 28.5. The Bertz CT molecular complexity index is 2900. The normalized spacial score (nSPS) is 29.1. The van der Waals surface area contributed by atoms with E-state index in [1.807, 2.05) is 33.9 Å². The maximum atomic E-state index is 16.1. The van der Waals surface area contributed by atoms with Crippen LogP contribution >= 0.6 is 0 Å². The number of rotatable bonds is 14. The van der Waals surface area contributed by atoms with Crippen LogP contribution in [-0.4, -0.2) is 117 Å². The number of Topliss-reactive ketones (excluding diaryl/α,β-unsaturated/α-hetero) is 1. The molecule has 2 bridgehead atoms. The number of benzene rings is 3. The lowest BCUT2D eigenvalue weighted by Crippen LogP contribution is -2.82. The number of carbonyl (C=O) groups is 6. The first-order valence-corrected chi connectivity index (χ1v) is 29.0. The summed E-state index contributed by atoms with van der Waals surface area (Å²) in [5, 5.41) is 16.5. The van der Waals surface area contributed by atoms with Crippen LogP contribution in [0.4, 0.5) is 13.2 Å². The highest BCUT2D eigenvalue weighted by Gasteiger charge is 2.79. The van der Waals surface area contributed by atoms with E-state index in [-0.39, 0.29) is 22.3 Å². The predicted octanol–water partition coefficient (Wildman–Crippen LogP) is 7.64. The van der Waals surface area contributed by atoms with Gasteiger partial charge in [-0.15, -0.1) is 0 Å². The molecule has 76 heavy (non-hydrogen) atoms. The van der Waals surface area contributed by atoms with E-state index in [2.05, 4.69) is 5.32 Å². The first kappa shape index (κ1) is 57.9. The number of ketones is 1. The minimum Gasteiger partial charge on any atom is -0.456 e. The summed E-state index contributed by atoms with van der Waals surface area (Å²) in [5.74, 6) is -8.36. The van der Waals surface area contributed by atoms with Crippen molar-refractivity contribution < 1.29 is 87.8 Å². The Morgan fingerprint density at radius 2 is 1.38 bits per heavy atom. The van der Waals surface area contributed by atoms with Crippen LogP contribution < -0.4 is 5.32 Å². The quantitative estimate of drug-likeness (QED) is 0.0394. The van der Waals surface area contributed by atoms with Gasteiger partial charge in [0.15, 0.2) is 31.9 Å². The maximum absolute atomic E-state index is 16.1. The van der Waals surface area contributed by atoms with Gasteiger partial charge in [-0.2, -0.15) is 21.6 Å². The van der Waals surface area contributed by atoms with Gasteiger partial charge < -0.3 is 38.5 Å². The number of alkyl halides is 3. The number of halogens is 3. The molecule has 1 heterocycles. The Hall–Kier alpha value is -5.78. The molecule has 17 nitrogen and oxygen atoms in total. The number of hydrogen-bond acceptors (Lipinski definition) is 16. The second kappa shape index (κ2) is 20.5. The van der Waals surface area contributed by atoms with Crippen molar-refractivity contribution in [1.82, 2.24) is 5.32 Å². The average molecular weight is 1100 g/mol. The fourth-order valence-electron chi connectivity index (χ4n) is 11.1. The standard InChI is InChI=1S/C54H64F3NO16SSi/c1-30-36(70-48(64)42(74-76(10,11)49(4,5)6)40(33-21-15-12-16-22-33)58-46(62)34-23-17-13-18-24-34)28-53(65)45(71-47(63)35-25-19-14-20-26-35)43-51(9,44(61)41(69-31(2)59)39(30)50(53,7)8)37(73-75(66,67)54(55,56)57)27-38-52(43,29-68-38)72-32(3)60/h12-26,36-38,40-43,45,65H,27-29H2,1-11H3,(H,58,62). The van der Waals surface area contributed by atoms with Gasteiger partial charge >= 0.3 is 39.5 Å². The minimum absolute atomic E-state index is 0.00999. The topological polar surface area (TPSA) is 233 Å². The van der Waals surface area contributed by atoms with E-state index in [1.54, 1.807) is 66.7 Å². The Balaban J connectivity index is 1.49. The molecular formula is C54H64F3NO16SSi. The van der Waals surface area contributed by atoms with E-state index in [9.17, 15) is 45.9 Å². The van der Waals surface area contributed by atoms with Crippen LogP contribution in [0.3, 0.4) is 0 Å². The van der Waals surface area contributed by atoms with Gasteiger partial charge in [-0.25, -0.2) is 9.59 Å². The number of esters is 4. The van der Waals surface area contributed by atoms with Gasteiger partial charge in [0.2, 0.25) is 0 Å². The van der Waals surface area contributed by atoms with Gasteiger partial charge in [0, 0.05) is 37.7 Å². The van der Waals surface area contributed by atoms with E-state index in [0.29, 0.717) is 5.56 Å². The monoisotopic (exact) mass is 1100 g/mol. The lowest BCUT2D eigenvalue weighted by Gasteiger charge is -2.67. The van der Waals surface area contributed by atoms with Crippen molar-refractivity contribution in [2.24, 2.45) is 16.7 Å². The van der Waals surface area contributed by atoms with E-state index >= 15 is 9.59 Å². The fourth-order valence-corrected chi connectivity index (χ4v) is 13.0. The summed E-state index contributed by atoms with van der Waals surface area (Å²) >= 11 is 0. The lowest BCUT2D eigenvalue weighted by atomic mass is 9.44. The Labute approximate surface area is 440 Å². The molecule has 22 heteroatoms. The van der Waals surface area contributed by atoms with Crippen molar-refractivity contribution in [1.29, 1.82) is 0 Å². The molecule has 412 valence electrons. The van der Waals surface area contributed by atoms with Crippen LogP contribution in [0, 0.1) is 16.7 Å². The van der Waals surface area contributed by atoms with Crippen LogP contribution in [0.25, 0.3) is 0 Å². The van der Waals surface area contributed by atoms with Gasteiger partial charge in [-0.3, -0.25) is 23.4 Å². The van der Waals surface area contributed by atoms with Crippen molar-refractivity contribution in [3.8, 4) is 0 Å². The van der Waals surface area contributed by atoms with Crippen molar-refractivity contribution in [2.75, 3.05) is 6.61 Å². The number of ether oxygens (including phenoxy) is 5. The summed E-state index contributed by atoms with van der Waals surface area (Å²) in [6.07, 6.45) is -13.3. The Kier molecular flexibility index (Phi) is 15.7. The zero-order chi connectivity index (χ0) is 56.4. The molecule has 11 unspecified atom stereocenters. The molecular weight excluding hydrogens is 1040 g/mol. The van der Waals surface area contributed by atoms with E-state index in [4.69, 9.17) is 32.3 Å². The van der Waals surface area contributed by atoms with Gasteiger partial charge in [-0.05, 0) is 73.0 Å². The van der Waals surface area contributed by atoms with Crippen LogP contribution in [0.5, 0.6) is 0 Å². The highest BCUT2D eigenvalue weighted by atomic mass is 32.2. The van der Waals surface area contributed by atoms with Crippen molar-refractivity contribution in [2.45, 2.75) is 153 Å². The zero-order valence-electron chi connectivity index (χ0n) is 44.0. The lowest BCUT2D eigenvalue weighted by molar-refractivity contribution is -0.344. The molecule has 11 atom stereocenters. The van der Waals surface area contributed by atoms with Crippen molar-refractivity contribution in [3.05, 3.63) is 119 Å². The third-order valence-electron chi connectivity index (χ3n) is 16.2. The maximum Gasteiger partial charge on any atom is 0.523 e. The molecule has 0 radical (unpaired) electrons. The predicted molar refractivity (Wildman–Crippen MR) is 268 cm³/mol. The number of nitrogens with one attached hydrogen (secondary N) is 1. The molecule has 3 aromatic carbocycles. The third-order valence-corrected chi connectivity index (χ3v) is 21.7. The summed E-state index contributed by atoms with van der Waals surface area (Å²) in [4.78, 5) is 87.1. The molecule has 2 saturated carbocycles. The van der Waals surface area contributed by atoms with Gasteiger partial charge in [0.1, 0.15) is 23.9 Å². The van der Waals surface area contributed by atoms with Crippen molar-refractivity contribution >= 4 is 54.0 Å². The van der Waals surface area contributed by atoms with Gasteiger partial charge in [0.05, 0.1) is 35.6 Å². The van der Waals surface area contributed by atoms with Gasteiger partial charge in [0.25, 0.3) is 5.91 Å². The largest absolute Gasteiger partial charge is 0.523 e. The van der Waals surface area contributed by atoms with E-state index in [1.165, 1.54) is 45.0 Å². The molecule has 1 amide bonds. The van der Waals surface area contributed by atoms with E-state index < -0.39 is 155 Å². The van der Waals surface area contributed by atoms with Crippen LogP contribution in [0.2, 0.25) is 18.1 Å². The number of amides is 1. The SMILES string of the molecule is CC(=O)OC1C(=O)C2(C)C(OS(=O)(=O)C(F)(F)F)CC3OCC3(OC(C)=O)C2C(OC(=O)c2ccccc2)C2(O)CC(OC(=O)C(O[Si](C)(C)C(C)(C)C)C(NC(=O)c3ccccc3)c3ccccc3)C(C)=C1C2(C)C. The highest BCUT2D eigenvalue weighted by molar-refractivity contribution is 7.87. The highest BCUT2D eigenvalue weighted by Crippen LogP contribution is 2.65. The molecule has 1 saturated heterocycles. The fraction of sp³-hybridized carbons (Fsp3) is 0.519. The Morgan fingerprint density at radius 3 is 1.88 bits per heavy atom. The van der Waals surface area contributed by atoms with Gasteiger partial charge in [-0.1, -0.05) is 101 Å². The summed E-state index contributed by atoms with van der Waals surface area (Å²) in [6.45, 7) is 16.1. The average Bonchev–Trinajstić information content (AvgIpc) is 3.32. The zero-order valence-corrected chi connectivity index (χ0v) is 45.8. The van der Waals surface area contributed by atoms with Crippen molar-refractivity contribution in [3.63, 3.8) is 0 Å². The van der Waals surface area contributed by atoms with Crippen LogP contribution in [-0.2, 0) is 61.6 Å². The minimum atomic E-state index is -6.58.